The number of benzene rings is 1. The van der Waals surface area contributed by atoms with Crippen LogP contribution >= 0.6 is 11.6 Å². The maximum atomic E-state index is 14.6. The van der Waals surface area contributed by atoms with Gasteiger partial charge in [-0.15, -0.1) is 5.10 Å². The molecule has 0 aliphatic carbocycles. The van der Waals surface area contributed by atoms with Crippen molar-refractivity contribution in [2.75, 3.05) is 7.11 Å². The van der Waals surface area contributed by atoms with Crippen LogP contribution in [0.2, 0.25) is 5.02 Å². The Morgan fingerprint density at radius 1 is 1.27 bits per heavy atom. The Hall–Kier alpha value is -1.90. The third kappa shape index (κ3) is 3.49. The first-order valence-corrected chi connectivity index (χ1v) is 8.50. The largest absolute Gasteiger partial charge is 0.525 e. The molecule has 0 unspecified atom stereocenters. The van der Waals surface area contributed by atoms with Crippen molar-refractivity contribution in [3.63, 3.8) is 0 Å². The molecule has 2 aromatic rings. The zero-order valence-electron chi connectivity index (χ0n) is 15.3. The lowest BCUT2D eigenvalue weighted by Gasteiger charge is -2.32. The molecule has 9 heteroatoms. The van der Waals surface area contributed by atoms with E-state index in [1.54, 1.807) is 24.4 Å². The second-order valence-electron chi connectivity index (χ2n) is 7.02. The summed E-state index contributed by atoms with van der Waals surface area (Å²) >= 11 is 6.12. The summed E-state index contributed by atoms with van der Waals surface area (Å²) in [6.07, 6.45) is 2.83. The Kier molecular flexibility index (Phi) is 4.85. The van der Waals surface area contributed by atoms with Crippen molar-refractivity contribution in [1.29, 1.82) is 0 Å². The summed E-state index contributed by atoms with van der Waals surface area (Å²) in [6.45, 7) is 7.46. The first-order chi connectivity index (χ1) is 12.1. The van der Waals surface area contributed by atoms with E-state index in [1.165, 1.54) is 17.9 Å². The highest BCUT2D eigenvalue weighted by Gasteiger charge is 2.53. The van der Waals surface area contributed by atoms with Crippen LogP contribution in [0.25, 0.3) is 11.8 Å². The van der Waals surface area contributed by atoms with Crippen molar-refractivity contribution < 1.29 is 18.4 Å². The van der Waals surface area contributed by atoms with Crippen LogP contribution in [0, 0.1) is 0 Å². The number of nitrogens with zero attached hydrogens (tertiary/aromatic N) is 3. The summed E-state index contributed by atoms with van der Waals surface area (Å²) in [5.74, 6) is 0.558. The Bertz CT molecular complexity index is 838. The zero-order valence-corrected chi connectivity index (χ0v) is 16.0. The molecule has 138 valence electrons. The van der Waals surface area contributed by atoms with E-state index in [0.29, 0.717) is 22.2 Å². The predicted octanol–water partition coefficient (Wildman–Crippen LogP) is 3.87. The summed E-state index contributed by atoms with van der Waals surface area (Å²) < 4.78 is 32.5. The van der Waals surface area contributed by atoms with Crippen LogP contribution in [0.15, 0.2) is 30.1 Å². The molecule has 0 spiro atoms. The van der Waals surface area contributed by atoms with Crippen molar-refractivity contribution in [3.05, 3.63) is 40.8 Å². The van der Waals surface area contributed by atoms with Crippen LogP contribution < -0.4 is 4.74 Å². The lowest BCUT2D eigenvalue weighted by atomic mass is 9.87. The Morgan fingerprint density at radius 3 is 2.50 bits per heavy atom. The molecule has 26 heavy (non-hydrogen) atoms. The molecule has 1 fully saturated rings. The van der Waals surface area contributed by atoms with E-state index in [4.69, 9.17) is 25.6 Å². The van der Waals surface area contributed by atoms with E-state index in [1.807, 2.05) is 27.7 Å². The van der Waals surface area contributed by atoms with Crippen LogP contribution in [0.3, 0.4) is 0 Å². The van der Waals surface area contributed by atoms with Gasteiger partial charge < -0.3 is 14.0 Å². The summed E-state index contributed by atoms with van der Waals surface area (Å²) in [7, 11) is 0.471. The molecule has 1 aliphatic rings. The fourth-order valence-electron chi connectivity index (χ4n) is 2.43. The topological polar surface area (TPSA) is 58.4 Å². The normalized spacial score (nSPS) is 19.0. The summed E-state index contributed by atoms with van der Waals surface area (Å²) in [5, 5.41) is 8.40. The Labute approximate surface area is 157 Å². The van der Waals surface area contributed by atoms with Crippen molar-refractivity contribution in [2.45, 2.75) is 38.9 Å². The molecule has 0 bridgehead atoms. The fourth-order valence-corrected chi connectivity index (χ4v) is 2.68. The minimum Gasteiger partial charge on any atom is -0.495 e. The Morgan fingerprint density at radius 2 is 1.92 bits per heavy atom. The number of hydrogen-bond acceptors (Lipinski definition) is 5. The molecule has 0 radical (unpaired) electrons. The predicted molar refractivity (Wildman–Crippen MR) is 98.1 cm³/mol. The minimum absolute atomic E-state index is 0.337. The van der Waals surface area contributed by atoms with Gasteiger partial charge >= 0.3 is 7.12 Å². The second-order valence-corrected chi connectivity index (χ2v) is 7.43. The summed E-state index contributed by atoms with van der Waals surface area (Å²) in [5.41, 5.74) is -0.771. The van der Waals surface area contributed by atoms with E-state index >= 15 is 0 Å². The molecule has 1 aromatic heterocycles. The quantitative estimate of drug-likeness (QED) is 0.755. The second kappa shape index (κ2) is 6.68. The standard InChI is InChI=1S/C17H20BClFN3O3/c1-16(2)17(3,4)26-18(25-16)15(20)8-11-10-23(22-21-11)12-6-7-14(24-5)13(19)9-12/h6-10H,1-5H3. The SMILES string of the molecule is COc1ccc(-n2cc(C=C(F)B3OC(C)(C)C(C)(C)O3)nn2)cc1Cl. The Balaban J connectivity index is 1.80. The summed E-state index contributed by atoms with van der Waals surface area (Å²) in [4.78, 5) is 0. The number of halogens is 2. The molecule has 0 atom stereocenters. The van der Waals surface area contributed by atoms with Crippen molar-refractivity contribution in [3.8, 4) is 11.4 Å². The van der Waals surface area contributed by atoms with Gasteiger partial charge in [0.25, 0.3) is 0 Å². The highest BCUT2D eigenvalue weighted by molar-refractivity contribution is 6.54. The number of ether oxygens (including phenoxy) is 1. The average Bonchev–Trinajstić information content (AvgIpc) is 3.09. The van der Waals surface area contributed by atoms with Gasteiger partial charge in [-0.1, -0.05) is 16.8 Å². The molecule has 1 aliphatic heterocycles. The monoisotopic (exact) mass is 379 g/mol. The molecular weight excluding hydrogens is 359 g/mol. The zero-order chi connectivity index (χ0) is 19.1. The first-order valence-electron chi connectivity index (χ1n) is 8.12. The molecule has 2 heterocycles. The van der Waals surface area contributed by atoms with Crippen LogP contribution in [0.4, 0.5) is 4.39 Å². The van der Waals surface area contributed by atoms with Gasteiger partial charge in [-0.25, -0.2) is 9.07 Å². The third-order valence-electron chi connectivity index (χ3n) is 4.68. The first kappa shape index (κ1) is 18.9. The molecule has 6 nitrogen and oxygen atoms in total. The molecular formula is C17H20BClFN3O3. The van der Waals surface area contributed by atoms with E-state index in [-0.39, 0.29) is 0 Å². The van der Waals surface area contributed by atoms with Crippen molar-refractivity contribution in [2.24, 2.45) is 0 Å². The number of aromatic nitrogens is 3. The highest BCUT2D eigenvalue weighted by Crippen LogP contribution is 2.39. The van der Waals surface area contributed by atoms with Gasteiger partial charge in [-0.05, 0) is 52.0 Å². The van der Waals surface area contributed by atoms with Crippen molar-refractivity contribution >= 4 is 24.8 Å². The van der Waals surface area contributed by atoms with Crippen molar-refractivity contribution in [1.82, 2.24) is 15.0 Å². The van der Waals surface area contributed by atoms with Gasteiger partial charge in [0.2, 0.25) is 0 Å². The van der Waals surface area contributed by atoms with E-state index in [0.717, 1.165) is 0 Å². The molecule has 0 amide bonds. The lowest BCUT2D eigenvalue weighted by molar-refractivity contribution is 0.00578. The van der Waals surface area contributed by atoms with Gasteiger partial charge in [0.15, 0.2) is 0 Å². The van der Waals surface area contributed by atoms with Gasteiger partial charge in [0.05, 0.1) is 35.2 Å². The smallest absolute Gasteiger partial charge is 0.495 e. The maximum absolute atomic E-state index is 14.6. The number of rotatable bonds is 4. The number of methoxy groups -OCH3 is 1. The lowest BCUT2D eigenvalue weighted by Crippen LogP contribution is -2.41. The van der Waals surface area contributed by atoms with Gasteiger partial charge in [0, 0.05) is 0 Å². The van der Waals surface area contributed by atoms with Crippen LogP contribution in [-0.2, 0) is 9.31 Å². The summed E-state index contributed by atoms with van der Waals surface area (Å²) in [6, 6.07) is 5.18. The molecule has 1 saturated heterocycles. The van der Waals surface area contributed by atoms with Gasteiger partial charge in [0.1, 0.15) is 17.2 Å². The number of hydrogen-bond donors (Lipinski definition) is 0. The van der Waals surface area contributed by atoms with E-state index < -0.39 is 24.0 Å². The van der Waals surface area contributed by atoms with E-state index in [2.05, 4.69) is 10.3 Å². The fraction of sp³-hybridized carbons (Fsp3) is 0.412. The van der Waals surface area contributed by atoms with Crippen LogP contribution in [-0.4, -0.2) is 40.4 Å². The molecule has 3 rings (SSSR count). The van der Waals surface area contributed by atoms with Gasteiger partial charge in [-0.2, -0.15) is 0 Å². The minimum atomic E-state index is -1.07. The molecule has 0 saturated carbocycles. The molecule has 1 aromatic carbocycles. The van der Waals surface area contributed by atoms with Crippen LogP contribution in [0.1, 0.15) is 33.4 Å². The van der Waals surface area contributed by atoms with Crippen LogP contribution in [0.5, 0.6) is 5.75 Å². The van der Waals surface area contributed by atoms with Gasteiger partial charge in [-0.3, -0.25) is 0 Å². The van der Waals surface area contributed by atoms with E-state index in [9.17, 15) is 4.39 Å². The third-order valence-corrected chi connectivity index (χ3v) is 4.97. The average molecular weight is 380 g/mol. The maximum Gasteiger partial charge on any atom is 0.525 e. The highest BCUT2D eigenvalue weighted by atomic mass is 35.5. The molecule has 0 N–H and O–H groups in total.